The molecule has 0 radical (unpaired) electrons. The van der Waals surface area contributed by atoms with E-state index in [2.05, 4.69) is 5.32 Å². The van der Waals surface area contributed by atoms with E-state index in [1.807, 2.05) is 0 Å². The van der Waals surface area contributed by atoms with Crippen molar-refractivity contribution in [3.05, 3.63) is 30.1 Å². The van der Waals surface area contributed by atoms with Crippen molar-refractivity contribution in [3.8, 4) is 0 Å². The molecular weight excluding hydrogens is 245 g/mol. The molecule has 1 aliphatic carbocycles. The molecule has 4 heteroatoms. The Hall–Kier alpha value is -1.58. The molecule has 1 unspecified atom stereocenters. The first-order valence-electron chi connectivity index (χ1n) is 6.80. The van der Waals surface area contributed by atoms with E-state index in [0.29, 0.717) is 5.69 Å². The fourth-order valence-corrected chi connectivity index (χ4v) is 2.72. The van der Waals surface area contributed by atoms with Gasteiger partial charge in [-0.1, -0.05) is 25.3 Å². The van der Waals surface area contributed by atoms with Gasteiger partial charge in [-0.15, -0.1) is 0 Å². The highest BCUT2D eigenvalue weighted by atomic mass is 19.1. The maximum atomic E-state index is 13.2. The summed E-state index contributed by atoms with van der Waals surface area (Å²) < 4.78 is 18.1. The molecule has 0 saturated heterocycles. The molecular formula is C15H20FNO2. The van der Waals surface area contributed by atoms with Crippen molar-refractivity contribution >= 4 is 11.7 Å². The molecule has 19 heavy (non-hydrogen) atoms. The quantitative estimate of drug-likeness (QED) is 0.848. The maximum Gasteiger partial charge on any atom is 0.328 e. The average molecular weight is 265 g/mol. The number of halogens is 1. The third-order valence-corrected chi connectivity index (χ3v) is 3.72. The molecule has 0 spiro atoms. The predicted molar refractivity (Wildman–Crippen MR) is 72.4 cm³/mol. The van der Waals surface area contributed by atoms with E-state index in [-0.39, 0.29) is 23.7 Å². The minimum Gasteiger partial charge on any atom is -0.467 e. The van der Waals surface area contributed by atoms with E-state index in [4.69, 9.17) is 4.74 Å². The van der Waals surface area contributed by atoms with Gasteiger partial charge in [0.1, 0.15) is 11.9 Å². The fraction of sp³-hybridized carbons (Fsp3) is 0.533. The van der Waals surface area contributed by atoms with Crippen LogP contribution in [-0.2, 0) is 9.53 Å². The Labute approximate surface area is 113 Å². The highest BCUT2D eigenvalue weighted by Gasteiger charge is 2.30. The molecule has 3 nitrogen and oxygen atoms in total. The maximum absolute atomic E-state index is 13.2. The lowest BCUT2D eigenvalue weighted by Gasteiger charge is -2.29. The molecule has 1 aromatic rings. The normalized spacial score (nSPS) is 17.8. The Balaban J connectivity index is 2.11. The standard InChI is InChI=1S/C15H20FNO2/c1-19-15(18)14(11-6-3-2-4-7-11)17-13-9-5-8-12(16)10-13/h5,8-11,14,17H,2-4,6-7H2,1H3. The van der Waals surface area contributed by atoms with Gasteiger partial charge in [0, 0.05) is 5.69 Å². The molecule has 0 heterocycles. The summed E-state index contributed by atoms with van der Waals surface area (Å²) in [6.07, 6.45) is 5.54. The van der Waals surface area contributed by atoms with E-state index in [1.54, 1.807) is 12.1 Å². The van der Waals surface area contributed by atoms with Crippen LogP contribution in [0.1, 0.15) is 32.1 Å². The van der Waals surface area contributed by atoms with Gasteiger partial charge >= 0.3 is 5.97 Å². The topological polar surface area (TPSA) is 38.3 Å². The van der Waals surface area contributed by atoms with Gasteiger partial charge in [0.2, 0.25) is 0 Å². The molecule has 104 valence electrons. The lowest BCUT2D eigenvalue weighted by atomic mass is 9.83. The summed E-state index contributed by atoms with van der Waals surface area (Å²) in [6, 6.07) is 5.80. The fourth-order valence-electron chi connectivity index (χ4n) is 2.72. The zero-order chi connectivity index (χ0) is 13.7. The van der Waals surface area contributed by atoms with Gasteiger partial charge in [-0.3, -0.25) is 0 Å². The smallest absolute Gasteiger partial charge is 0.328 e. The van der Waals surface area contributed by atoms with E-state index < -0.39 is 0 Å². The Morgan fingerprint density at radius 2 is 2.11 bits per heavy atom. The number of benzene rings is 1. The van der Waals surface area contributed by atoms with Crippen LogP contribution in [0.4, 0.5) is 10.1 Å². The predicted octanol–water partition coefficient (Wildman–Crippen LogP) is 3.36. The third-order valence-electron chi connectivity index (χ3n) is 3.72. The summed E-state index contributed by atoms with van der Waals surface area (Å²) in [5.74, 6) is -0.308. The largest absolute Gasteiger partial charge is 0.467 e. The lowest BCUT2D eigenvalue weighted by molar-refractivity contribution is -0.143. The summed E-state index contributed by atoms with van der Waals surface area (Å²) in [5, 5.41) is 3.13. The van der Waals surface area contributed by atoms with E-state index in [9.17, 15) is 9.18 Å². The number of anilines is 1. The van der Waals surface area contributed by atoms with Crippen molar-refractivity contribution in [3.63, 3.8) is 0 Å². The van der Waals surface area contributed by atoms with Crippen molar-refractivity contribution in [1.82, 2.24) is 0 Å². The molecule has 1 aromatic carbocycles. The number of rotatable bonds is 4. The van der Waals surface area contributed by atoms with Gasteiger partial charge in [0.15, 0.2) is 0 Å². The summed E-state index contributed by atoms with van der Waals surface area (Å²) in [5.41, 5.74) is 0.626. The van der Waals surface area contributed by atoms with Crippen LogP contribution in [-0.4, -0.2) is 19.1 Å². The second-order valence-corrected chi connectivity index (χ2v) is 5.05. The Morgan fingerprint density at radius 3 is 2.74 bits per heavy atom. The lowest BCUT2D eigenvalue weighted by Crippen LogP contribution is -2.38. The average Bonchev–Trinajstić information content (AvgIpc) is 2.45. The van der Waals surface area contributed by atoms with Crippen LogP contribution >= 0.6 is 0 Å². The zero-order valence-corrected chi connectivity index (χ0v) is 11.2. The second-order valence-electron chi connectivity index (χ2n) is 5.05. The number of esters is 1. The first-order chi connectivity index (χ1) is 9.20. The number of ether oxygens (including phenoxy) is 1. The van der Waals surface area contributed by atoms with Crippen molar-refractivity contribution in [1.29, 1.82) is 0 Å². The van der Waals surface area contributed by atoms with Gasteiger partial charge in [0.05, 0.1) is 7.11 Å². The molecule has 1 aliphatic rings. The van der Waals surface area contributed by atoms with Crippen LogP contribution < -0.4 is 5.32 Å². The highest BCUT2D eigenvalue weighted by Crippen LogP contribution is 2.29. The summed E-state index contributed by atoms with van der Waals surface area (Å²) in [6.45, 7) is 0. The van der Waals surface area contributed by atoms with Gasteiger partial charge in [-0.05, 0) is 37.0 Å². The molecule has 1 atom stereocenters. The SMILES string of the molecule is COC(=O)C(Nc1cccc(F)c1)C1CCCCC1. The summed E-state index contributed by atoms with van der Waals surface area (Å²) in [7, 11) is 1.39. The minimum atomic E-state index is -0.382. The number of carbonyl (C=O) groups excluding carboxylic acids is 1. The first kappa shape index (κ1) is 13.8. The van der Waals surface area contributed by atoms with Crippen LogP contribution in [0.15, 0.2) is 24.3 Å². The van der Waals surface area contributed by atoms with Gasteiger partial charge < -0.3 is 10.1 Å². The second kappa shape index (κ2) is 6.55. The number of hydrogen-bond donors (Lipinski definition) is 1. The van der Waals surface area contributed by atoms with E-state index in [0.717, 1.165) is 25.7 Å². The number of carbonyl (C=O) groups is 1. The molecule has 0 aromatic heterocycles. The van der Waals surface area contributed by atoms with Crippen molar-refractivity contribution < 1.29 is 13.9 Å². The van der Waals surface area contributed by atoms with E-state index in [1.165, 1.54) is 25.7 Å². The number of nitrogens with one attached hydrogen (secondary N) is 1. The molecule has 0 aliphatic heterocycles. The van der Waals surface area contributed by atoms with Gasteiger partial charge in [-0.25, -0.2) is 9.18 Å². The summed E-state index contributed by atoms with van der Waals surface area (Å²) in [4.78, 5) is 11.9. The highest BCUT2D eigenvalue weighted by molar-refractivity contribution is 5.79. The third kappa shape index (κ3) is 3.69. The first-order valence-corrected chi connectivity index (χ1v) is 6.80. The monoisotopic (exact) mass is 265 g/mol. The Bertz CT molecular complexity index is 430. The zero-order valence-electron chi connectivity index (χ0n) is 11.2. The molecule has 1 saturated carbocycles. The van der Waals surface area contributed by atoms with Gasteiger partial charge in [-0.2, -0.15) is 0 Å². The Kier molecular flexibility index (Phi) is 4.77. The van der Waals surface area contributed by atoms with Crippen molar-refractivity contribution in [2.45, 2.75) is 38.1 Å². The molecule has 2 rings (SSSR count). The minimum absolute atomic E-state index is 0.267. The number of hydrogen-bond acceptors (Lipinski definition) is 3. The molecule has 0 amide bonds. The van der Waals surface area contributed by atoms with Crippen LogP contribution in [0.5, 0.6) is 0 Å². The van der Waals surface area contributed by atoms with Crippen LogP contribution in [0.3, 0.4) is 0 Å². The molecule has 1 fully saturated rings. The van der Waals surface area contributed by atoms with Crippen LogP contribution in [0, 0.1) is 11.7 Å². The number of methoxy groups -OCH3 is 1. The summed E-state index contributed by atoms with van der Waals surface area (Å²) >= 11 is 0. The van der Waals surface area contributed by atoms with E-state index >= 15 is 0 Å². The van der Waals surface area contributed by atoms with Crippen LogP contribution in [0.25, 0.3) is 0 Å². The van der Waals surface area contributed by atoms with Crippen molar-refractivity contribution in [2.24, 2.45) is 5.92 Å². The molecule has 1 N–H and O–H groups in total. The van der Waals surface area contributed by atoms with Crippen LogP contribution in [0.2, 0.25) is 0 Å². The molecule has 0 bridgehead atoms. The van der Waals surface area contributed by atoms with Crippen molar-refractivity contribution in [2.75, 3.05) is 12.4 Å². The Morgan fingerprint density at radius 1 is 1.37 bits per heavy atom. The van der Waals surface area contributed by atoms with Gasteiger partial charge in [0.25, 0.3) is 0 Å².